The van der Waals surface area contributed by atoms with Gasteiger partial charge in [0.05, 0.1) is 23.8 Å². The van der Waals surface area contributed by atoms with E-state index < -0.39 is 11.6 Å². The molecule has 5 rings (SSSR count). The first kappa shape index (κ1) is 25.8. The van der Waals surface area contributed by atoms with Crippen molar-refractivity contribution in [1.29, 1.82) is 0 Å². The van der Waals surface area contributed by atoms with Crippen molar-refractivity contribution in [2.24, 2.45) is 4.99 Å². The zero-order valence-corrected chi connectivity index (χ0v) is 21.9. The maximum absolute atomic E-state index is 13.8. The molecule has 196 valence electrons. The third-order valence-corrected chi connectivity index (χ3v) is 6.97. The van der Waals surface area contributed by atoms with Crippen LogP contribution < -0.4 is 0 Å². The molecule has 2 aromatic heterocycles. The highest BCUT2D eigenvalue weighted by atomic mass is 19.1. The number of carbonyl (C=O) groups excluding carboxylic acids is 1. The van der Waals surface area contributed by atoms with Crippen molar-refractivity contribution in [3.8, 4) is 0 Å². The van der Waals surface area contributed by atoms with Crippen molar-refractivity contribution in [1.82, 2.24) is 9.55 Å². The smallest absolute Gasteiger partial charge is 0.216 e. The fourth-order valence-corrected chi connectivity index (χ4v) is 5.14. The minimum Gasteiger partial charge on any atom is -0.475 e. The van der Waals surface area contributed by atoms with Crippen LogP contribution in [-0.2, 0) is 17.7 Å². The van der Waals surface area contributed by atoms with E-state index >= 15 is 0 Å². The number of fused-ring (bicyclic) bond motifs is 1. The van der Waals surface area contributed by atoms with Gasteiger partial charge in [0.1, 0.15) is 18.2 Å². The van der Waals surface area contributed by atoms with Gasteiger partial charge >= 0.3 is 0 Å². The Hall–Kier alpha value is -3.87. The molecule has 5 nitrogen and oxygen atoms in total. The highest BCUT2D eigenvalue weighted by Crippen LogP contribution is 2.34. The molecule has 0 bridgehead atoms. The molecule has 0 aliphatic carbocycles. The number of hydrogen-bond acceptors (Lipinski definition) is 4. The molecular weight excluding hydrogens is 484 g/mol. The maximum atomic E-state index is 13.8. The summed E-state index contributed by atoms with van der Waals surface area (Å²) in [5, 5.41) is 0.842. The average molecular weight is 516 g/mol. The second-order valence-corrected chi connectivity index (χ2v) is 10.1. The van der Waals surface area contributed by atoms with Crippen molar-refractivity contribution >= 4 is 22.6 Å². The Kier molecular flexibility index (Phi) is 7.36. The van der Waals surface area contributed by atoms with Gasteiger partial charge in [-0.05, 0) is 60.7 Å². The van der Waals surface area contributed by atoms with Crippen LogP contribution in [0.3, 0.4) is 0 Å². The number of ether oxygens (including phenoxy) is 1. The molecule has 7 heteroatoms. The van der Waals surface area contributed by atoms with E-state index in [9.17, 15) is 13.6 Å². The van der Waals surface area contributed by atoms with E-state index in [1.807, 2.05) is 36.4 Å². The summed E-state index contributed by atoms with van der Waals surface area (Å²) in [4.78, 5) is 23.0. The average Bonchev–Trinajstić information content (AvgIpc) is 3.50. The number of ketones is 1. The van der Waals surface area contributed by atoms with Gasteiger partial charge in [0.15, 0.2) is 5.78 Å². The lowest BCUT2D eigenvalue weighted by Gasteiger charge is -2.15. The predicted octanol–water partition coefficient (Wildman–Crippen LogP) is 6.86. The Morgan fingerprint density at radius 1 is 1.11 bits per heavy atom. The molecular formula is C31H31F2N3O2. The van der Waals surface area contributed by atoms with Crippen LogP contribution in [0, 0.1) is 11.6 Å². The fourth-order valence-electron chi connectivity index (χ4n) is 5.14. The van der Waals surface area contributed by atoms with Gasteiger partial charge in [-0.2, -0.15) is 0 Å². The molecule has 0 N–H and O–H groups in total. The minimum absolute atomic E-state index is 0.0460. The van der Waals surface area contributed by atoms with Crippen LogP contribution in [0.5, 0.6) is 0 Å². The Bertz CT molecular complexity index is 1490. The Morgan fingerprint density at radius 3 is 2.55 bits per heavy atom. The van der Waals surface area contributed by atoms with Crippen LogP contribution in [0.4, 0.5) is 8.78 Å². The largest absolute Gasteiger partial charge is 0.475 e. The van der Waals surface area contributed by atoms with Gasteiger partial charge < -0.3 is 9.30 Å². The van der Waals surface area contributed by atoms with Crippen molar-refractivity contribution in [2.75, 3.05) is 6.61 Å². The lowest BCUT2D eigenvalue weighted by molar-refractivity contribution is 0.0982. The molecule has 3 heterocycles. The van der Waals surface area contributed by atoms with Crippen LogP contribution >= 0.6 is 0 Å². The Balaban J connectivity index is 1.60. The number of aliphatic imine (C=N–C) groups is 1. The van der Waals surface area contributed by atoms with Crippen LogP contribution in [0.25, 0.3) is 10.9 Å². The van der Waals surface area contributed by atoms with Gasteiger partial charge in [-0.25, -0.2) is 13.8 Å². The molecule has 0 unspecified atom stereocenters. The number of aryl methyl sites for hydroxylation is 1. The topological polar surface area (TPSA) is 56.5 Å². The van der Waals surface area contributed by atoms with Crippen LogP contribution in [0.15, 0.2) is 65.8 Å². The molecule has 0 saturated carbocycles. The van der Waals surface area contributed by atoms with Gasteiger partial charge in [-0.15, -0.1) is 0 Å². The number of Topliss-reactive ketones (excluding diaryl/α,β-unsaturated/α-hetero) is 1. The molecule has 1 aliphatic rings. The summed E-state index contributed by atoms with van der Waals surface area (Å²) in [6, 6.07) is 15.3. The van der Waals surface area contributed by atoms with Crippen molar-refractivity contribution in [3.63, 3.8) is 0 Å². The van der Waals surface area contributed by atoms with Gasteiger partial charge in [0.2, 0.25) is 5.90 Å². The maximum Gasteiger partial charge on any atom is 0.216 e. The second kappa shape index (κ2) is 10.9. The van der Waals surface area contributed by atoms with E-state index in [1.165, 1.54) is 12.1 Å². The zero-order valence-electron chi connectivity index (χ0n) is 21.9. The first-order valence-corrected chi connectivity index (χ1v) is 13.1. The van der Waals surface area contributed by atoms with Gasteiger partial charge in [0.25, 0.3) is 0 Å². The minimum atomic E-state index is -0.642. The number of benzene rings is 2. The van der Waals surface area contributed by atoms with Gasteiger partial charge in [0, 0.05) is 40.9 Å². The molecule has 0 fully saturated rings. The summed E-state index contributed by atoms with van der Waals surface area (Å²) < 4.78 is 35.5. The molecule has 2 aromatic carbocycles. The van der Waals surface area contributed by atoms with Crippen LogP contribution in [0.1, 0.15) is 72.4 Å². The Labute approximate surface area is 221 Å². The number of carbonyl (C=O) groups is 1. The summed E-state index contributed by atoms with van der Waals surface area (Å²) >= 11 is 0. The number of nitrogens with zero attached hydrogens (tertiary/aromatic N) is 3. The predicted molar refractivity (Wildman–Crippen MR) is 145 cm³/mol. The molecule has 0 radical (unpaired) electrons. The van der Waals surface area contributed by atoms with E-state index in [0.717, 1.165) is 40.3 Å². The monoisotopic (exact) mass is 515 g/mol. The highest BCUT2D eigenvalue weighted by molar-refractivity contribution is 6.11. The standard InChI is InChI=1S/C31H31F2N3O2/c1-4-24-18-38-31(35-24)21-9-10-26-27(15-21)36(17-25-7-5-6-12-34-25)30(19(2)3)29(26)28(37)11-8-20-13-22(32)16-23(33)14-20/h5-7,9-10,12-16,19,24H,4,8,11,17-18H2,1-3H3/t24-/m0/s1. The lowest BCUT2D eigenvalue weighted by Crippen LogP contribution is -2.11. The molecule has 0 spiro atoms. The number of rotatable bonds is 9. The first-order chi connectivity index (χ1) is 18.3. The van der Waals surface area contributed by atoms with Crippen molar-refractivity contribution in [2.45, 2.75) is 58.5 Å². The molecule has 1 aliphatic heterocycles. The van der Waals surface area contributed by atoms with Crippen LogP contribution in [-0.4, -0.2) is 33.9 Å². The van der Waals surface area contributed by atoms with Gasteiger partial charge in [-0.3, -0.25) is 9.78 Å². The van der Waals surface area contributed by atoms with Crippen molar-refractivity contribution in [3.05, 3.63) is 101 Å². The molecule has 4 aromatic rings. The van der Waals surface area contributed by atoms with Gasteiger partial charge in [-0.1, -0.05) is 32.9 Å². The number of pyridine rings is 1. The highest BCUT2D eigenvalue weighted by Gasteiger charge is 2.26. The molecule has 0 amide bonds. The quantitative estimate of drug-likeness (QED) is 0.229. The van der Waals surface area contributed by atoms with E-state index in [2.05, 4.69) is 30.3 Å². The zero-order chi connectivity index (χ0) is 26.8. The number of halogens is 2. The molecule has 38 heavy (non-hydrogen) atoms. The molecule has 0 saturated heterocycles. The summed E-state index contributed by atoms with van der Waals surface area (Å²) in [6.07, 6.45) is 3.06. The van der Waals surface area contributed by atoms with Crippen LogP contribution in [0.2, 0.25) is 0 Å². The van der Waals surface area contributed by atoms with Crippen molar-refractivity contribution < 1.29 is 18.3 Å². The van der Waals surface area contributed by atoms with E-state index in [0.29, 0.717) is 30.2 Å². The summed E-state index contributed by atoms with van der Waals surface area (Å²) in [7, 11) is 0. The van der Waals surface area contributed by atoms with E-state index in [4.69, 9.17) is 9.73 Å². The van der Waals surface area contributed by atoms with E-state index in [-0.39, 0.29) is 30.6 Å². The van der Waals surface area contributed by atoms with E-state index in [1.54, 1.807) is 6.20 Å². The second-order valence-electron chi connectivity index (χ2n) is 10.1. The third-order valence-electron chi connectivity index (χ3n) is 6.97. The summed E-state index contributed by atoms with van der Waals surface area (Å²) in [5.41, 5.74) is 4.68. The number of hydrogen-bond donors (Lipinski definition) is 0. The fraction of sp³-hybridized carbons (Fsp3) is 0.323. The Morgan fingerprint density at radius 2 is 1.89 bits per heavy atom. The molecule has 1 atom stereocenters. The lowest BCUT2D eigenvalue weighted by atomic mass is 9.96. The summed E-state index contributed by atoms with van der Waals surface area (Å²) in [5.74, 6) is -0.674. The third kappa shape index (κ3) is 5.23. The normalized spacial score (nSPS) is 15.2. The first-order valence-electron chi connectivity index (χ1n) is 13.1. The summed E-state index contributed by atoms with van der Waals surface area (Å²) in [6.45, 7) is 7.30. The number of aromatic nitrogens is 2. The SMILES string of the molecule is CC[C@H]1COC(c2ccc3c(C(=O)CCc4cc(F)cc(F)c4)c(C(C)C)n(Cc4ccccn4)c3c2)=N1.